The van der Waals surface area contributed by atoms with Gasteiger partial charge in [0.2, 0.25) is 5.91 Å². The van der Waals surface area contributed by atoms with Crippen LogP contribution in [0.4, 0.5) is 0 Å². The Hall–Kier alpha value is -1.36. The first kappa shape index (κ1) is 13.7. The molecule has 5 nitrogen and oxygen atoms in total. The highest BCUT2D eigenvalue weighted by Crippen LogP contribution is 2.08. The van der Waals surface area contributed by atoms with E-state index in [0.717, 1.165) is 31.5 Å². The van der Waals surface area contributed by atoms with E-state index in [9.17, 15) is 9.59 Å². The van der Waals surface area contributed by atoms with Gasteiger partial charge in [-0.3, -0.25) is 9.59 Å². The molecule has 96 valence electrons. The monoisotopic (exact) mass is 240 g/mol. The maximum atomic E-state index is 11.6. The van der Waals surface area contributed by atoms with Gasteiger partial charge in [0.05, 0.1) is 0 Å². The Morgan fingerprint density at radius 2 is 2.00 bits per heavy atom. The number of carbonyl (C=O) groups is 2. The van der Waals surface area contributed by atoms with E-state index in [-0.39, 0.29) is 12.3 Å². The van der Waals surface area contributed by atoms with Crippen LogP contribution in [0, 0.1) is 0 Å². The van der Waals surface area contributed by atoms with Crippen molar-refractivity contribution in [3.05, 3.63) is 11.1 Å². The standard InChI is InChI=1S/C12H20N2O3/c1-9(10-7-13-8-10)12(17)14-6-4-2-3-5-11(15)16/h13H,2-8H2,1H3,(H,14,17)(H,15,16). The first-order valence-electron chi connectivity index (χ1n) is 6.00. The quantitative estimate of drug-likeness (QED) is 0.451. The third-order valence-corrected chi connectivity index (χ3v) is 2.90. The topological polar surface area (TPSA) is 78.4 Å². The molecule has 1 amide bonds. The number of unbranched alkanes of at least 4 members (excludes halogenated alkanes) is 2. The van der Waals surface area contributed by atoms with Gasteiger partial charge in [-0.25, -0.2) is 0 Å². The third kappa shape index (κ3) is 4.99. The molecule has 17 heavy (non-hydrogen) atoms. The summed E-state index contributed by atoms with van der Waals surface area (Å²) in [7, 11) is 0. The number of aliphatic carboxylic acids is 1. The molecular formula is C12H20N2O3. The summed E-state index contributed by atoms with van der Waals surface area (Å²) in [6.45, 7) is 4.10. The highest BCUT2D eigenvalue weighted by Gasteiger charge is 2.15. The fraction of sp³-hybridized carbons (Fsp3) is 0.667. The molecule has 0 spiro atoms. The van der Waals surface area contributed by atoms with Crippen LogP contribution >= 0.6 is 0 Å². The molecule has 1 aliphatic rings. The molecular weight excluding hydrogens is 220 g/mol. The van der Waals surface area contributed by atoms with Gasteiger partial charge in [-0.15, -0.1) is 0 Å². The maximum absolute atomic E-state index is 11.6. The average molecular weight is 240 g/mol. The summed E-state index contributed by atoms with van der Waals surface area (Å²) < 4.78 is 0. The number of hydrogen-bond donors (Lipinski definition) is 3. The van der Waals surface area contributed by atoms with E-state index in [1.807, 2.05) is 6.92 Å². The SMILES string of the molecule is CC(C(=O)NCCCCCC(=O)O)=C1CNC1. The first-order valence-corrected chi connectivity index (χ1v) is 6.00. The predicted molar refractivity (Wildman–Crippen MR) is 64.7 cm³/mol. The lowest BCUT2D eigenvalue weighted by molar-refractivity contribution is -0.137. The van der Waals surface area contributed by atoms with Crippen molar-refractivity contribution in [1.82, 2.24) is 10.6 Å². The summed E-state index contributed by atoms with van der Waals surface area (Å²) in [6.07, 6.45) is 2.56. The maximum Gasteiger partial charge on any atom is 0.303 e. The molecule has 0 unspecified atom stereocenters. The first-order chi connectivity index (χ1) is 8.11. The Morgan fingerprint density at radius 1 is 1.29 bits per heavy atom. The Morgan fingerprint density at radius 3 is 2.53 bits per heavy atom. The second-order valence-corrected chi connectivity index (χ2v) is 4.29. The number of carboxylic acid groups (broad SMARTS) is 1. The van der Waals surface area contributed by atoms with Crippen LogP contribution < -0.4 is 10.6 Å². The minimum Gasteiger partial charge on any atom is -0.481 e. The van der Waals surface area contributed by atoms with Crippen molar-refractivity contribution >= 4 is 11.9 Å². The van der Waals surface area contributed by atoms with Crippen molar-refractivity contribution in [3.8, 4) is 0 Å². The van der Waals surface area contributed by atoms with Gasteiger partial charge in [-0.1, -0.05) is 6.42 Å². The second kappa shape index (κ2) is 7.06. The van der Waals surface area contributed by atoms with E-state index in [2.05, 4.69) is 10.6 Å². The van der Waals surface area contributed by atoms with Crippen LogP contribution in [0.25, 0.3) is 0 Å². The Labute approximate surface area is 101 Å². The molecule has 0 aromatic heterocycles. The number of amides is 1. The third-order valence-electron chi connectivity index (χ3n) is 2.90. The van der Waals surface area contributed by atoms with Crippen LogP contribution in [0.5, 0.6) is 0 Å². The second-order valence-electron chi connectivity index (χ2n) is 4.29. The van der Waals surface area contributed by atoms with Gasteiger partial charge in [0.25, 0.3) is 0 Å². The van der Waals surface area contributed by atoms with Crippen LogP contribution in [0.3, 0.4) is 0 Å². The van der Waals surface area contributed by atoms with Crippen molar-refractivity contribution in [2.24, 2.45) is 0 Å². The lowest BCUT2D eigenvalue weighted by atomic mass is 10.0. The van der Waals surface area contributed by atoms with Gasteiger partial charge in [0.15, 0.2) is 0 Å². The highest BCUT2D eigenvalue weighted by atomic mass is 16.4. The van der Waals surface area contributed by atoms with Gasteiger partial charge >= 0.3 is 5.97 Å². The van der Waals surface area contributed by atoms with Crippen LogP contribution in [0.15, 0.2) is 11.1 Å². The molecule has 0 aromatic rings. The van der Waals surface area contributed by atoms with Crippen LogP contribution in [0.2, 0.25) is 0 Å². The number of carbonyl (C=O) groups excluding carboxylic acids is 1. The van der Waals surface area contributed by atoms with E-state index >= 15 is 0 Å². The van der Waals surface area contributed by atoms with Crippen molar-refractivity contribution in [3.63, 3.8) is 0 Å². The summed E-state index contributed by atoms with van der Waals surface area (Å²) in [5.74, 6) is -0.758. The zero-order valence-corrected chi connectivity index (χ0v) is 10.2. The van der Waals surface area contributed by atoms with Gasteiger partial charge in [-0.2, -0.15) is 0 Å². The molecule has 1 heterocycles. The molecule has 3 N–H and O–H groups in total. The Kier molecular flexibility index (Phi) is 5.69. The number of hydrogen-bond acceptors (Lipinski definition) is 3. The average Bonchev–Trinajstić information content (AvgIpc) is 2.19. The smallest absolute Gasteiger partial charge is 0.303 e. The zero-order chi connectivity index (χ0) is 12.7. The zero-order valence-electron chi connectivity index (χ0n) is 10.2. The van der Waals surface area contributed by atoms with E-state index in [1.165, 1.54) is 5.57 Å². The Balaban J connectivity index is 2.06. The van der Waals surface area contributed by atoms with Crippen molar-refractivity contribution in [2.75, 3.05) is 19.6 Å². The van der Waals surface area contributed by atoms with Crippen molar-refractivity contribution in [2.45, 2.75) is 32.6 Å². The molecule has 0 bridgehead atoms. The summed E-state index contributed by atoms with van der Waals surface area (Å²) >= 11 is 0. The van der Waals surface area contributed by atoms with Crippen LogP contribution in [-0.2, 0) is 9.59 Å². The molecule has 1 aliphatic heterocycles. The summed E-state index contributed by atoms with van der Waals surface area (Å²) in [5.41, 5.74) is 1.99. The largest absolute Gasteiger partial charge is 0.481 e. The number of carboxylic acids is 1. The van der Waals surface area contributed by atoms with E-state index in [4.69, 9.17) is 5.11 Å². The van der Waals surface area contributed by atoms with E-state index < -0.39 is 5.97 Å². The lowest BCUT2D eigenvalue weighted by Gasteiger charge is -2.21. The fourth-order valence-electron chi connectivity index (χ4n) is 1.59. The normalized spacial score (nSPS) is 14.1. The van der Waals surface area contributed by atoms with Gasteiger partial charge in [-0.05, 0) is 25.3 Å². The fourth-order valence-corrected chi connectivity index (χ4v) is 1.59. The summed E-state index contributed by atoms with van der Waals surface area (Å²) in [5, 5.41) is 14.4. The van der Waals surface area contributed by atoms with Gasteiger partial charge < -0.3 is 15.7 Å². The minimum atomic E-state index is -0.757. The van der Waals surface area contributed by atoms with E-state index in [1.54, 1.807) is 0 Å². The summed E-state index contributed by atoms with van der Waals surface area (Å²) in [6, 6.07) is 0. The molecule has 5 heteroatoms. The highest BCUT2D eigenvalue weighted by molar-refractivity contribution is 5.93. The van der Waals surface area contributed by atoms with Gasteiger partial charge in [0.1, 0.15) is 0 Å². The van der Waals surface area contributed by atoms with Gasteiger partial charge in [0, 0.05) is 31.6 Å². The molecule has 0 aromatic carbocycles. The number of nitrogens with one attached hydrogen (secondary N) is 2. The molecule has 0 radical (unpaired) electrons. The molecule has 0 aliphatic carbocycles. The Bertz CT molecular complexity index is 318. The molecule has 1 rings (SSSR count). The van der Waals surface area contributed by atoms with Crippen molar-refractivity contribution < 1.29 is 14.7 Å². The molecule has 1 fully saturated rings. The lowest BCUT2D eigenvalue weighted by Crippen LogP contribution is -2.37. The summed E-state index contributed by atoms with van der Waals surface area (Å²) in [4.78, 5) is 21.9. The predicted octanol–water partition coefficient (Wildman–Crippen LogP) is 0.667. The number of rotatable bonds is 7. The van der Waals surface area contributed by atoms with Crippen LogP contribution in [0.1, 0.15) is 32.6 Å². The minimum absolute atomic E-state index is 0.000246. The van der Waals surface area contributed by atoms with Crippen molar-refractivity contribution in [1.29, 1.82) is 0 Å². The molecule has 0 atom stereocenters. The van der Waals surface area contributed by atoms with E-state index in [0.29, 0.717) is 13.0 Å². The van der Waals surface area contributed by atoms with Crippen LogP contribution in [-0.4, -0.2) is 36.6 Å². The molecule has 1 saturated heterocycles. The molecule has 0 saturated carbocycles.